The Morgan fingerprint density at radius 1 is 0.895 bits per heavy atom. The normalized spacial score (nSPS) is 14.5. The lowest BCUT2D eigenvalue weighted by Gasteiger charge is -2.19. The molecule has 116 valence electrons. The van der Waals surface area contributed by atoms with Crippen LogP contribution in [0, 0.1) is 0 Å². The quantitative estimate of drug-likeness (QED) is 0.325. The summed E-state index contributed by atoms with van der Waals surface area (Å²) in [5.41, 5.74) is 0. The topological polar surface area (TPSA) is 86.6 Å². The Bertz CT molecular complexity index is 179. The van der Waals surface area contributed by atoms with Crippen LogP contribution in [0.3, 0.4) is 0 Å². The van der Waals surface area contributed by atoms with Gasteiger partial charge in [-0.05, 0) is 0 Å². The maximum atomic E-state index is 9.22. The van der Waals surface area contributed by atoms with Crippen molar-refractivity contribution in [3.63, 3.8) is 0 Å². The van der Waals surface area contributed by atoms with Crippen LogP contribution in [0.15, 0.2) is 0 Å². The van der Waals surface area contributed by atoms with Gasteiger partial charge in [-0.3, -0.25) is 0 Å². The molecule has 0 aromatic carbocycles. The number of aliphatic hydroxyl groups excluding tert-OH is 2. The van der Waals surface area contributed by atoms with E-state index in [1.54, 1.807) is 14.2 Å². The Balaban J connectivity index is 3.75. The van der Waals surface area contributed by atoms with Crippen molar-refractivity contribution in [2.24, 2.45) is 0 Å². The van der Waals surface area contributed by atoms with Crippen molar-refractivity contribution in [3.8, 4) is 0 Å². The summed E-state index contributed by atoms with van der Waals surface area (Å²) in [7, 11) is 3.20. The predicted molar refractivity (Wildman–Crippen MR) is 68.0 cm³/mol. The molecule has 0 aliphatic rings. The van der Waals surface area contributed by atoms with E-state index in [4.69, 9.17) is 28.8 Å². The number of rotatable bonds is 14. The molecule has 0 amide bonds. The Labute approximate surface area is 114 Å². The number of aliphatic hydroxyl groups is 2. The minimum Gasteiger partial charge on any atom is -0.394 e. The van der Waals surface area contributed by atoms with Gasteiger partial charge in [0.15, 0.2) is 6.29 Å². The van der Waals surface area contributed by atoms with Crippen LogP contribution < -0.4 is 0 Å². The van der Waals surface area contributed by atoms with Gasteiger partial charge in [-0.25, -0.2) is 0 Å². The zero-order chi connectivity index (χ0) is 14.3. The van der Waals surface area contributed by atoms with Crippen molar-refractivity contribution in [2.45, 2.75) is 18.8 Å². The molecule has 2 atom stereocenters. The Hall–Kier alpha value is -0.280. The van der Waals surface area contributed by atoms with Crippen molar-refractivity contribution < 1.29 is 33.9 Å². The van der Waals surface area contributed by atoms with E-state index in [-0.39, 0.29) is 13.2 Å². The van der Waals surface area contributed by atoms with Crippen LogP contribution in [0.4, 0.5) is 0 Å². The van der Waals surface area contributed by atoms with E-state index < -0.39 is 12.4 Å². The highest BCUT2D eigenvalue weighted by Crippen LogP contribution is 2.03. The fourth-order valence-corrected chi connectivity index (χ4v) is 1.17. The average molecular weight is 282 g/mol. The summed E-state index contributed by atoms with van der Waals surface area (Å²) in [6.07, 6.45) is -0.854. The molecular weight excluding hydrogens is 256 g/mol. The highest BCUT2D eigenvalue weighted by molar-refractivity contribution is 4.52. The number of ether oxygens (including phenoxy) is 5. The van der Waals surface area contributed by atoms with Crippen molar-refractivity contribution >= 4 is 0 Å². The van der Waals surface area contributed by atoms with Gasteiger partial charge in [-0.15, -0.1) is 0 Å². The van der Waals surface area contributed by atoms with E-state index in [2.05, 4.69) is 0 Å². The predicted octanol–water partition coefficient (Wildman–Crippen LogP) is -0.602. The lowest BCUT2D eigenvalue weighted by Crippen LogP contribution is -2.28. The highest BCUT2D eigenvalue weighted by Gasteiger charge is 2.12. The van der Waals surface area contributed by atoms with Crippen molar-refractivity contribution in [2.75, 3.05) is 60.5 Å². The summed E-state index contributed by atoms with van der Waals surface area (Å²) in [4.78, 5) is 0. The van der Waals surface area contributed by atoms with Crippen LogP contribution in [0.5, 0.6) is 0 Å². The molecule has 7 heteroatoms. The monoisotopic (exact) mass is 282 g/mol. The van der Waals surface area contributed by atoms with Crippen LogP contribution in [-0.4, -0.2) is 83.1 Å². The Morgan fingerprint density at radius 3 is 2.21 bits per heavy atom. The summed E-state index contributed by atoms with van der Waals surface area (Å²) in [5.74, 6) is 0. The van der Waals surface area contributed by atoms with Crippen LogP contribution in [0.25, 0.3) is 0 Å². The van der Waals surface area contributed by atoms with E-state index in [1.807, 2.05) is 0 Å². The fraction of sp³-hybridized carbons (Fsp3) is 1.00. The minimum atomic E-state index is -0.900. The van der Waals surface area contributed by atoms with Crippen molar-refractivity contribution in [1.82, 2.24) is 0 Å². The molecule has 0 aromatic rings. The molecular formula is C12H26O7. The largest absolute Gasteiger partial charge is 0.394 e. The number of methoxy groups -OCH3 is 2. The van der Waals surface area contributed by atoms with Crippen molar-refractivity contribution in [3.05, 3.63) is 0 Å². The van der Waals surface area contributed by atoms with E-state index in [0.29, 0.717) is 39.5 Å². The molecule has 0 spiro atoms. The molecule has 0 radical (unpaired) electrons. The van der Waals surface area contributed by atoms with Gasteiger partial charge in [0.2, 0.25) is 0 Å². The lowest BCUT2D eigenvalue weighted by atomic mass is 10.4. The molecule has 0 heterocycles. The first-order valence-electron chi connectivity index (χ1n) is 6.32. The van der Waals surface area contributed by atoms with Crippen LogP contribution >= 0.6 is 0 Å². The molecule has 0 saturated heterocycles. The highest BCUT2D eigenvalue weighted by atomic mass is 16.7. The van der Waals surface area contributed by atoms with E-state index in [0.717, 1.165) is 0 Å². The molecule has 2 N–H and O–H groups in total. The van der Waals surface area contributed by atoms with Gasteiger partial charge >= 0.3 is 0 Å². The third-order valence-electron chi connectivity index (χ3n) is 2.21. The van der Waals surface area contributed by atoms with Gasteiger partial charge in [0, 0.05) is 20.6 Å². The number of hydrogen-bond acceptors (Lipinski definition) is 7. The SMILES string of the molecule is COCCOCCC(OCCOC)OCC(O)CO. The standard InChI is InChI=1S/C12H26O7/c1-15-5-7-17-4-3-12(18-8-6-16-2)19-10-11(14)9-13/h11-14H,3-10H2,1-2H3. The lowest BCUT2D eigenvalue weighted by molar-refractivity contribution is -0.174. The zero-order valence-corrected chi connectivity index (χ0v) is 11.7. The number of hydrogen-bond donors (Lipinski definition) is 2. The van der Waals surface area contributed by atoms with Gasteiger partial charge in [0.25, 0.3) is 0 Å². The molecule has 7 nitrogen and oxygen atoms in total. The van der Waals surface area contributed by atoms with E-state index in [9.17, 15) is 5.11 Å². The van der Waals surface area contributed by atoms with Crippen LogP contribution in [0.1, 0.15) is 6.42 Å². The minimum absolute atomic E-state index is 0.0201. The van der Waals surface area contributed by atoms with Crippen molar-refractivity contribution in [1.29, 1.82) is 0 Å². The summed E-state index contributed by atoms with van der Waals surface area (Å²) < 4.78 is 25.8. The van der Waals surface area contributed by atoms with Crippen LogP contribution in [0.2, 0.25) is 0 Å². The molecule has 0 aliphatic carbocycles. The molecule has 0 rings (SSSR count). The summed E-state index contributed by atoms with van der Waals surface area (Å²) in [5, 5.41) is 17.9. The second-order valence-electron chi connectivity index (χ2n) is 3.86. The first-order valence-corrected chi connectivity index (χ1v) is 6.32. The Kier molecular flexibility index (Phi) is 13.9. The van der Waals surface area contributed by atoms with Gasteiger partial charge in [0.1, 0.15) is 6.10 Å². The smallest absolute Gasteiger partial charge is 0.160 e. The molecule has 0 fully saturated rings. The fourth-order valence-electron chi connectivity index (χ4n) is 1.17. The zero-order valence-electron chi connectivity index (χ0n) is 11.7. The Morgan fingerprint density at radius 2 is 1.58 bits per heavy atom. The van der Waals surface area contributed by atoms with E-state index in [1.165, 1.54) is 0 Å². The maximum absolute atomic E-state index is 9.22. The molecule has 2 unspecified atom stereocenters. The third kappa shape index (κ3) is 12.5. The molecule has 0 aliphatic heterocycles. The van der Waals surface area contributed by atoms with Gasteiger partial charge in [-0.2, -0.15) is 0 Å². The van der Waals surface area contributed by atoms with E-state index >= 15 is 0 Å². The molecule has 19 heavy (non-hydrogen) atoms. The van der Waals surface area contributed by atoms with Gasteiger partial charge < -0.3 is 33.9 Å². The third-order valence-corrected chi connectivity index (χ3v) is 2.21. The summed E-state index contributed by atoms with van der Waals surface area (Å²) >= 11 is 0. The molecule has 0 bridgehead atoms. The first-order chi connectivity index (χ1) is 9.24. The summed E-state index contributed by atoms with van der Waals surface area (Å²) in [6.45, 7) is 2.07. The first kappa shape index (κ1) is 18.7. The maximum Gasteiger partial charge on any atom is 0.160 e. The summed E-state index contributed by atoms with van der Waals surface area (Å²) in [6, 6.07) is 0. The molecule has 0 aromatic heterocycles. The van der Waals surface area contributed by atoms with Gasteiger partial charge in [-0.1, -0.05) is 0 Å². The average Bonchev–Trinajstić information content (AvgIpc) is 2.43. The second kappa shape index (κ2) is 14.1. The van der Waals surface area contributed by atoms with Crippen LogP contribution in [-0.2, 0) is 23.7 Å². The second-order valence-corrected chi connectivity index (χ2v) is 3.86. The van der Waals surface area contributed by atoms with Gasteiger partial charge in [0.05, 0.1) is 46.2 Å². The molecule has 0 saturated carbocycles.